The Kier molecular flexibility index (Phi) is 5.38. The molecule has 110 valence electrons. The van der Waals surface area contributed by atoms with Crippen molar-refractivity contribution in [1.82, 2.24) is 4.90 Å². The fraction of sp³-hybridized carbons (Fsp3) is 0.533. The molecule has 5 heteroatoms. The van der Waals surface area contributed by atoms with Crippen molar-refractivity contribution in [3.05, 3.63) is 29.8 Å². The first kappa shape index (κ1) is 14.8. The number of methoxy groups -OCH3 is 2. The lowest BCUT2D eigenvalue weighted by Crippen LogP contribution is -2.30. The summed E-state index contributed by atoms with van der Waals surface area (Å²) in [7, 11) is 3.26. The molecule has 0 saturated carbocycles. The topological polar surface area (TPSA) is 48.0 Å². The minimum Gasteiger partial charge on any atom is -0.497 e. The molecule has 1 aliphatic rings. The Balaban J connectivity index is 1.87. The fourth-order valence-corrected chi connectivity index (χ4v) is 2.26. The molecule has 0 radical (unpaired) electrons. The smallest absolute Gasteiger partial charge is 0.253 e. The van der Waals surface area contributed by atoms with Crippen LogP contribution in [-0.4, -0.2) is 57.4 Å². The predicted octanol–water partition coefficient (Wildman–Crippen LogP) is 1.57. The van der Waals surface area contributed by atoms with Crippen LogP contribution in [0, 0.1) is 0 Å². The molecular formula is C15H21NO4. The molecule has 5 nitrogen and oxygen atoms in total. The summed E-state index contributed by atoms with van der Waals surface area (Å²) in [6, 6.07) is 7.19. The van der Waals surface area contributed by atoms with E-state index < -0.39 is 0 Å². The minimum atomic E-state index is 0.0468. The predicted molar refractivity (Wildman–Crippen MR) is 75.1 cm³/mol. The van der Waals surface area contributed by atoms with Gasteiger partial charge in [0.2, 0.25) is 0 Å². The Hall–Kier alpha value is -1.59. The first-order valence-corrected chi connectivity index (χ1v) is 6.78. The molecule has 1 fully saturated rings. The fourth-order valence-electron chi connectivity index (χ4n) is 2.26. The Morgan fingerprint density at radius 3 is 2.65 bits per heavy atom. The molecule has 0 aliphatic carbocycles. The summed E-state index contributed by atoms with van der Waals surface area (Å²) in [5, 5.41) is 0. The van der Waals surface area contributed by atoms with Crippen LogP contribution in [-0.2, 0) is 9.47 Å². The normalized spacial score (nSPS) is 18.3. The van der Waals surface area contributed by atoms with Crippen LogP contribution in [0.4, 0.5) is 0 Å². The van der Waals surface area contributed by atoms with E-state index in [4.69, 9.17) is 14.2 Å². The first-order chi connectivity index (χ1) is 9.74. The maximum Gasteiger partial charge on any atom is 0.253 e. The third-order valence-corrected chi connectivity index (χ3v) is 3.41. The van der Waals surface area contributed by atoms with E-state index in [2.05, 4.69) is 0 Å². The van der Waals surface area contributed by atoms with E-state index >= 15 is 0 Å². The zero-order chi connectivity index (χ0) is 14.4. The molecule has 1 aromatic rings. The van der Waals surface area contributed by atoms with Crippen molar-refractivity contribution in [2.75, 3.05) is 40.5 Å². The summed E-state index contributed by atoms with van der Waals surface area (Å²) in [6.45, 7) is 2.55. The van der Waals surface area contributed by atoms with Crippen molar-refractivity contribution in [3.8, 4) is 5.75 Å². The molecule has 1 atom stereocenters. The zero-order valence-corrected chi connectivity index (χ0v) is 12.0. The van der Waals surface area contributed by atoms with E-state index in [1.54, 1.807) is 38.5 Å². The zero-order valence-electron chi connectivity index (χ0n) is 12.0. The molecule has 2 rings (SSSR count). The van der Waals surface area contributed by atoms with E-state index in [1.807, 2.05) is 4.90 Å². The number of carbonyl (C=O) groups is 1. The van der Waals surface area contributed by atoms with Gasteiger partial charge < -0.3 is 19.1 Å². The largest absolute Gasteiger partial charge is 0.497 e. The summed E-state index contributed by atoms with van der Waals surface area (Å²) in [5.74, 6) is 0.800. The highest BCUT2D eigenvalue weighted by Gasteiger charge is 2.27. The molecule has 0 bridgehead atoms. The van der Waals surface area contributed by atoms with Gasteiger partial charge in [0.25, 0.3) is 5.91 Å². The Morgan fingerprint density at radius 1 is 1.25 bits per heavy atom. The van der Waals surface area contributed by atoms with E-state index in [-0.39, 0.29) is 12.0 Å². The molecule has 1 unspecified atom stereocenters. The van der Waals surface area contributed by atoms with Crippen LogP contribution in [0.15, 0.2) is 24.3 Å². The lowest BCUT2D eigenvalue weighted by atomic mass is 10.2. The van der Waals surface area contributed by atoms with E-state index in [0.29, 0.717) is 25.3 Å². The van der Waals surface area contributed by atoms with Crippen LogP contribution in [0.2, 0.25) is 0 Å². The average molecular weight is 279 g/mol. The number of hydrogen-bond donors (Lipinski definition) is 0. The van der Waals surface area contributed by atoms with Gasteiger partial charge in [0.05, 0.1) is 26.4 Å². The van der Waals surface area contributed by atoms with Crippen LogP contribution in [0.5, 0.6) is 5.75 Å². The SMILES string of the molecule is COCCOC1CCN(C(=O)c2ccc(OC)cc2)C1. The monoisotopic (exact) mass is 279 g/mol. The maximum atomic E-state index is 12.3. The molecule has 0 aromatic heterocycles. The highest BCUT2D eigenvalue weighted by molar-refractivity contribution is 5.94. The lowest BCUT2D eigenvalue weighted by molar-refractivity contribution is 0.0218. The van der Waals surface area contributed by atoms with Crippen molar-refractivity contribution in [3.63, 3.8) is 0 Å². The van der Waals surface area contributed by atoms with Crippen molar-refractivity contribution in [2.24, 2.45) is 0 Å². The molecule has 1 heterocycles. The second-order valence-corrected chi connectivity index (χ2v) is 4.75. The van der Waals surface area contributed by atoms with Gasteiger partial charge in [-0.3, -0.25) is 4.79 Å². The van der Waals surface area contributed by atoms with Crippen LogP contribution in [0.3, 0.4) is 0 Å². The molecule has 1 saturated heterocycles. The van der Waals surface area contributed by atoms with Crippen molar-refractivity contribution in [1.29, 1.82) is 0 Å². The standard InChI is InChI=1S/C15H21NO4/c1-18-9-10-20-14-7-8-16(11-14)15(17)12-3-5-13(19-2)6-4-12/h3-6,14H,7-11H2,1-2H3. The molecule has 0 N–H and O–H groups in total. The highest BCUT2D eigenvalue weighted by Crippen LogP contribution is 2.18. The summed E-state index contributed by atoms with van der Waals surface area (Å²) in [5.41, 5.74) is 0.684. The number of carbonyl (C=O) groups excluding carboxylic acids is 1. The number of hydrogen-bond acceptors (Lipinski definition) is 4. The van der Waals surface area contributed by atoms with Gasteiger partial charge in [0.15, 0.2) is 0 Å². The summed E-state index contributed by atoms with van der Waals surface area (Å²) < 4.78 is 15.7. The summed E-state index contributed by atoms with van der Waals surface area (Å²) >= 11 is 0. The molecule has 1 aliphatic heterocycles. The third-order valence-electron chi connectivity index (χ3n) is 3.41. The Labute approximate surface area is 119 Å². The molecule has 20 heavy (non-hydrogen) atoms. The van der Waals surface area contributed by atoms with Gasteiger partial charge in [-0.05, 0) is 30.7 Å². The highest BCUT2D eigenvalue weighted by atomic mass is 16.5. The second-order valence-electron chi connectivity index (χ2n) is 4.75. The molecule has 0 spiro atoms. The molecule has 1 aromatic carbocycles. The first-order valence-electron chi connectivity index (χ1n) is 6.78. The van der Waals surface area contributed by atoms with Gasteiger partial charge in [-0.15, -0.1) is 0 Å². The Bertz CT molecular complexity index is 432. The van der Waals surface area contributed by atoms with E-state index in [1.165, 1.54) is 0 Å². The van der Waals surface area contributed by atoms with Gasteiger partial charge in [-0.1, -0.05) is 0 Å². The van der Waals surface area contributed by atoms with Gasteiger partial charge in [0.1, 0.15) is 5.75 Å². The summed E-state index contributed by atoms with van der Waals surface area (Å²) in [4.78, 5) is 14.2. The van der Waals surface area contributed by atoms with Gasteiger partial charge in [-0.2, -0.15) is 0 Å². The average Bonchev–Trinajstić information content (AvgIpc) is 2.96. The van der Waals surface area contributed by atoms with E-state index in [0.717, 1.165) is 18.7 Å². The number of rotatable bonds is 6. The van der Waals surface area contributed by atoms with Crippen molar-refractivity contribution >= 4 is 5.91 Å². The number of likely N-dealkylation sites (tertiary alicyclic amines) is 1. The summed E-state index contributed by atoms with van der Waals surface area (Å²) in [6.07, 6.45) is 0.998. The Morgan fingerprint density at radius 2 is 2.00 bits per heavy atom. The van der Waals surface area contributed by atoms with Gasteiger partial charge >= 0.3 is 0 Å². The van der Waals surface area contributed by atoms with E-state index in [9.17, 15) is 4.79 Å². The van der Waals surface area contributed by atoms with Crippen molar-refractivity contribution < 1.29 is 19.0 Å². The van der Waals surface area contributed by atoms with Gasteiger partial charge in [0, 0.05) is 25.8 Å². The van der Waals surface area contributed by atoms with Crippen LogP contribution < -0.4 is 4.74 Å². The van der Waals surface area contributed by atoms with Crippen LogP contribution in [0.25, 0.3) is 0 Å². The van der Waals surface area contributed by atoms with Gasteiger partial charge in [-0.25, -0.2) is 0 Å². The third kappa shape index (κ3) is 3.71. The number of benzene rings is 1. The van der Waals surface area contributed by atoms with Crippen LogP contribution in [0.1, 0.15) is 16.8 Å². The molecular weight excluding hydrogens is 258 g/mol. The second kappa shape index (κ2) is 7.26. The molecule has 1 amide bonds. The quantitative estimate of drug-likeness (QED) is 0.742. The number of amides is 1. The lowest BCUT2D eigenvalue weighted by Gasteiger charge is -2.17. The van der Waals surface area contributed by atoms with Crippen molar-refractivity contribution in [2.45, 2.75) is 12.5 Å². The number of ether oxygens (including phenoxy) is 3. The minimum absolute atomic E-state index is 0.0468. The maximum absolute atomic E-state index is 12.3. The van der Waals surface area contributed by atoms with Crippen LogP contribution >= 0.6 is 0 Å². The number of nitrogens with zero attached hydrogens (tertiary/aromatic N) is 1.